The molecule has 0 aromatic heterocycles. The first-order chi connectivity index (χ1) is 10.6. The van der Waals surface area contributed by atoms with Gasteiger partial charge in [-0.15, -0.1) is 12.4 Å². The molecule has 1 unspecified atom stereocenters. The predicted molar refractivity (Wildman–Crippen MR) is 97.6 cm³/mol. The molecule has 0 saturated carbocycles. The summed E-state index contributed by atoms with van der Waals surface area (Å²) in [6, 6.07) is 15.9. The number of para-hydroxylation sites is 1. The Morgan fingerprint density at radius 1 is 1.00 bits per heavy atom. The van der Waals surface area contributed by atoms with Crippen molar-refractivity contribution in [1.82, 2.24) is 4.90 Å². The molecular formula is C19H26ClNO2. The van der Waals surface area contributed by atoms with Crippen LogP contribution in [0.25, 0.3) is 0 Å². The highest BCUT2D eigenvalue weighted by Crippen LogP contribution is 2.22. The number of aliphatic hydroxyl groups is 1. The van der Waals surface area contributed by atoms with Gasteiger partial charge >= 0.3 is 0 Å². The molecule has 23 heavy (non-hydrogen) atoms. The summed E-state index contributed by atoms with van der Waals surface area (Å²) in [5.41, 5.74) is 3.27. The minimum absolute atomic E-state index is 0. The second-order valence-corrected chi connectivity index (χ2v) is 5.76. The van der Waals surface area contributed by atoms with Crippen LogP contribution in [-0.2, 0) is 0 Å². The van der Waals surface area contributed by atoms with E-state index in [-0.39, 0.29) is 12.4 Å². The fraction of sp³-hybridized carbons (Fsp3) is 0.368. The fourth-order valence-corrected chi connectivity index (χ4v) is 2.50. The Kier molecular flexibility index (Phi) is 8.10. The monoisotopic (exact) mass is 335 g/mol. The Bertz CT molecular complexity index is 569. The molecule has 2 aromatic carbocycles. The van der Waals surface area contributed by atoms with Crippen molar-refractivity contribution < 1.29 is 9.84 Å². The van der Waals surface area contributed by atoms with Gasteiger partial charge in [-0.05, 0) is 37.6 Å². The van der Waals surface area contributed by atoms with Crippen molar-refractivity contribution in [1.29, 1.82) is 0 Å². The zero-order chi connectivity index (χ0) is 15.9. The zero-order valence-corrected chi connectivity index (χ0v) is 14.8. The lowest BCUT2D eigenvalue weighted by atomic mass is 10.1. The number of hydrogen-bond acceptors (Lipinski definition) is 3. The summed E-state index contributed by atoms with van der Waals surface area (Å²) in [6.45, 7) is 6.11. The third-order valence-electron chi connectivity index (χ3n) is 3.80. The molecule has 0 heterocycles. The Morgan fingerprint density at radius 3 is 2.22 bits per heavy atom. The number of rotatable bonds is 7. The molecule has 0 amide bonds. The van der Waals surface area contributed by atoms with Crippen LogP contribution in [0, 0.1) is 13.8 Å². The van der Waals surface area contributed by atoms with Crippen LogP contribution in [0.15, 0.2) is 48.5 Å². The Hall–Kier alpha value is -1.55. The molecule has 0 aliphatic heterocycles. The Morgan fingerprint density at radius 2 is 1.61 bits per heavy atom. The van der Waals surface area contributed by atoms with Gasteiger partial charge in [0, 0.05) is 13.1 Å². The lowest BCUT2D eigenvalue weighted by Gasteiger charge is -2.21. The third kappa shape index (κ3) is 5.87. The molecule has 126 valence electrons. The van der Waals surface area contributed by atoms with E-state index in [1.54, 1.807) is 0 Å². The van der Waals surface area contributed by atoms with E-state index in [2.05, 4.69) is 30.9 Å². The fourth-order valence-electron chi connectivity index (χ4n) is 2.50. The number of aliphatic hydroxyl groups excluding tert-OH is 1. The van der Waals surface area contributed by atoms with Crippen LogP contribution in [0.2, 0.25) is 0 Å². The molecule has 0 aliphatic rings. The average Bonchev–Trinajstić information content (AvgIpc) is 2.51. The van der Waals surface area contributed by atoms with E-state index in [1.165, 1.54) is 0 Å². The summed E-state index contributed by atoms with van der Waals surface area (Å²) in [4.78, 5) is 2.09. The first kappa shape index (κ1) is 19.5. The van der Waals surface area contributed by atoms with Crippen LogP contribution < -0.4 is 4.74 Å². The van der Waals surface area contributed by atoms with Crippen LogP contribution in [0.4, 0.5) is 0 Å². The molecule has 2 rings (SSSR count). The van der Waals surface area contributed by atoms with Gasteiger partial charge in [-0.1, -0.05) is 48.5 Å². The van der Waals surface area contributed by atoms with Gasteiger partial charge in [-0.25, -0.2) is 0 Å². The first-order valence-electron chi connectivity index (χ1n) is 7.68. The molecule has 1 N–H and O–H groups in total. The summed E-state index contributed by atoms with van der Waals surface area (Å²) in [5.74, 6) is 0.972. The van der Waals surface area contributed by atoms with E-state index in [0.29, 0.717) is 13.2 Å². The third-order valence-corrected chi connectivity index (χ3v) is 3.80. The maximum Gasteiger partial charge on any atom is 0.125 e. The SMILES string of the molecule is Cc1cccc(C)c1OCCN(C)CC(O)c1ccccc1.Cl. The van der Waals surface area contributed by atoms with Crippen LogP contribution in [0.1, 0.15) is 22.8 Å². The Labute approximate surface area is 145 Å². The summed E-state index contributed by atoms with van der Waals surface area (Å²) < 4.78 is 5.90. The number of ether oxygens (including phenoxy) is 1. The molecule has 2 aromatic rings. The summed E-state index contributed by atoms with van der Waals surface area (Å²) in [7, 11) is 2.00. The maximum atomic E-state index is 10.2. The number of nitrogens with zero attached hydrogens (tertiary/aromatic N) is 1. The largest absolute Gasteiger partial charge is 0.492 e. The molecular weight excluding hydrogens is 310 g/mol. The molecule has 1 atom stereocenters. The maximum absolute atomic E-state index is 10.2. The molecule has 3 nitrogen and oxygen atoms in total. The minimum Gasteiger partial charge on any atom is -0.492 e. The Balaban J connectivity index is 0.00000264. The van der Waals surface area contributed by atoms with Gasteiger partial charge in [0.1, 0.15) is 12.4 Å². The molecule has 4 heteroatoms. The second kappa shape index (κ2) is 9.56. The molecule has 0 fully saturated rings. The van der Waals surface area contributed by atoms with E-state index in [1.807, 2.05) is 43.4 Å². The van der Waals surface area contributed by atoms with E-state index in [0.717, 1.165) is 29.0 Å². The number of hydrogen-bond donors (Lipinski definition) is 1. The summed E-state index contributed by atoms with van der Waals surface area (Å²) in [5, 5.41) is 10.2. The molecule has 0 radical (unpaired) electrons. The lowest BCUT2D eigenvalue weighted by Crippen LogP contribution is -2.29. The van der Waals surface area contributed by atoms with Crippen molar-refractivity contribution >= 4 is 12.4 Å². The van der Waals surface area contributed by atoms with Crippen molar-refractivity contribution in [2.24, 2.45) is 0 Å². The quantitative estimate of drug-likeness (QED) is 0.836. The zero-order valence-electron chi connectivity index (χ0n) is 14.0. The van der Waals surface area contributed by atoms with E-state index in [4.69, 9.17) is 4.74 Å². The van der Waals surface area contributed by atoms with Gasteiger partial charge < -0.3 is 14.7 Å². The van der Waals surface area contributed by atoms with Crippen molar-refractivity contribution in [2.75, 3.05) is 26.7 Å². The van der Waals surface area contributed by atoms with Gasteiger partial charge in [-0.3, -0.25) is 0 Å². The molecule has 0 aliphatic carbocycles. The number of benzene rings is 2. The van der Waals surface area contributed by atoms with Crippen LogP contribution in [-0.4, -0.2) is 36.8 Å². The van der Waals surface area contributed by atoms with Crippen molar-refractivity contribution in [3.63, 3.8) is 0 Å². The summed E-state index contributed by atoms with van der Waals surface area (Å²) >= 11 is 0. The van der Waals surface area contributed by atoms with Gasteiger partial charge in [0.15, 0.2) is 0 Å². The van der Waals surface area contributed by atoms with Crippen LogP contribution >= 0.6 is 12.4 Å². The normalized spacial score (nSPS) is 11.9. The molecule has 0 bridgehead atoms. The van der Waals surface area contributed by atoms with E-state index in [9.17, 15) is 5.11 Å². The van der Waals surface area contributed by atoms with Gasteiger partial charge in [-0.2, -0.15) is 0 Å². The topological polar surface area (TPSA) is 32.7 Å². The van der Waals surface area contributed by atoms with Crippen molar-refractivity contribution in [3.05, 3.63) is 65.2 Å². The number of halogens is 1. The highest BCUT2D eigenvalue weighted by molar-refractivity contribution is 5.85. The van der Waals surface area contributed by atoms with E-state index >= 15 is 0 Å². The smallest absolute Gasteiger partial charge is 0.125 e. The molecule has 0 spiro atoms. The average molecular weight is 336 g/mol. The second-order valence-electron chi connectivity index (χ2n) is 5.76. The standard InChI is InChI=1S/C19H25NO2.ClH/c1-15-8-7-9-16(2)19(15)22-13-12-20(3)14-18(21)17-10-5-4-6-11-17;/h4-11,18,21H,12-14H2,1-3H3;1H. The highest BCUT2D eigenvalue weighted by atomic mass is 35.5. The predicted octanol–water partition coefficient (Wildman–Crippen LogP) is 3.77. The van der Waals surface area contributed by atoms with E-state index < -0.39 is 6.10 Å². The van der Waals surface area contributed by atoms with Gasteiger partial charge in [0.05, 0.1) is 6.10 Å². The lowest BCUT2D eigenvalue weighted by molar-refractivity contribution is 0.117. The van der Waals surface area contributed by atoms with Gasteiger partial charge in [0.2, 0.25) is 0 Å². The van der Waals surface area contributed by atoms with Crippen LogP contribution in [0.5, 0.6) is 5.75 Å². The molecule has 0 saturated heterocycles. The van der Waals surface area contributed by atoms with Crippen LogP contribution in [0.3, 0.4) is 0 Å². The van der Waals surface area contributed by atoms with Crippen molar-refractivity contribution in [3.8, 4) is 5.75 Å². The highest BCUT2D eigenvalue weighted by Gasteiger charge is 2.10. The first-order valence-corrected chi connectivity index (χ1v) is 7.68. The van der Waals surface area contributed by atoms with Gasteiger partial charge in [0.25, 0.3) is 0 Å². The number of aryl methyl sites for hydroxylation is 2. The minimum atomic E-state index is -0.466. The van der Waals surface area contributed by atoms with Crippen molar-refractivity contribution in [2.45, 2.75) is 20.0 Å². The summed E-state index contributed by atoms with van der Waals surface area (Å²) in [6.07, 6.45) is -0.466. The number of likely N-dealkylation sites (N-methyl/N-ethyl adjacent to an activating group) is 1.